The van der Waals surface area contributed by atoms with Gasteiger partial charge < -0.3 is 9.80 Å². The molecule has 2 aliphatic heterocycles. The fourth-order valence-electron chi connectivity index (χ4n) is 8.69. The molecule has 0 saturated carbocycles. The number of hydrogen-bond acceptors (Lipinski definition) is 2. The Morgan fingerprint density at radius 3 is 1.46 bits per heavy atom. The van der Waals surface area contributed by atoms with Crippen molar-refractivity contribution in [2.75, 3.05) is 36.0 Å². The van der Waals surface area contributed by atoms with Crippen LogP contribution in [0.25, 0.3) is 60.5 Å². The number of benzene rings is 6. The Hall–Kier alpha value is -5.08. The third-order valence-electron chi connectivity index (χ3n) is 11.3. The maximum absolute atomic E-state index is 2.61. The average molecular weight is 651 g/mol. The van der Waals surface area contributed by atoms with Crippen molar-refractivity contribution in [2.24, 2.45) is 0 Å². The second-order valence-electron chi connectivity index (χ2n) is 14.5. The van der Waals surface area contributed by atoms with Gasteiger partial charge in [-0.3, -0.25) is 0 Å². The van der Waals surface area contributed by atoms with Crippen LogP contribution in [0.3, 0.4) is 0 Å². The highest BCUT2D eigenvalue weighted by atomic mass is 15.1. The van der Waals surface area contributed by atoms with E-state index in [2.05, 4.69) is 143 Å². The molecular formula is C48H46N2. The molecule has 2 saturated heterocycles. The quantitative estimate of drug-likeness (QED) is 0.166. The minimum atomic E-state index is 1.11. The molecule has 0 unspecified atom stereocenters. The van der Waals surface area contributed by atoms with Crippen LogP contribution in [0.4, 0.5) is 11.4 Å². The van der Waals surface area contributed by atoms with E-state index < -0.39 is 0 Å². The first kappa shape index (κ1) is 30.9. The zero-order valence-electron chi connectivity index (χ0n) is 29.1. The lowest BCUT2D eigenvalue weighted by Gasteiger charge is -2.30. The highest BCUT2D eigenvalue weighted by Crippen LogP contribution is 2.47. The van der Waals surface area contributed by atoms with Crippen LogP contribution >= 0.6 is 0 Å². The van der Waals surface area contributed by atoms with Gasteiger partial charge >= 0.3 is 0 Å². The highest BCUT2D eigenvalue weighted by molar-refractivity contribution is 6.22. The third-order valence-corrected chi connectivity index (χ3v) is 11.3. The van der Waals surface area contributed by atoms with Gasteiger partial charge in [0.2, 0.25) is 0 Å². The number of nitrogens with zero attached hydrogens (tertiary/aromatic N) is 2. The van der Waals surface area contributed by atoms with E-state index >= 15 is 0 Å². The SMILES string of the molecule is C1=CC(c2cccc(-c3c4ccc(N5CCCCC5)cc4c(-c4cccc(-c5ccccc5)c4)c4ccc(N5CCCCC5)cc34)c2)=CCC1. The number of piperidine rings is 2. The maximum atomic E-state index is 2.61. The first-order chi connectivity index (χ1) is 24.8. The standard InChI is InChI=1S/C48H46N2/c1-5-15-35(16-6-1)37-19-13-21-39(31-37)47-43-25-23-42(50-29-11-4-12-30-50)34-46(43)48(40-22-14-20-38(32-40)36-17-7-2-8-18-36)44-26-24-41(33-45(44)47)49-27-9-3-10-28-49/h1,5-7,13-26,31-34H,2-4,8-12,27-30H2. The van der Waals surface area contributed by atoms with Gasteiger partial charge in [0.1, 0.15) is 0 Å². The van der Waals surface area contributed by atoms with Crippen LogP contribution in [0.5, 0.6) is 0 Å². The molecule has 1 aliphatic carbocycles. The van der Waals surface area contributed by atoms with Gasteiger partial charge in [0, 0.05) is 37.6 Å². The zero-order valence-corrected chi connectivity index (χ0v) is 29.1. The summed E-state index contributed by atoms with van der Waals surface area (Å²) in [5.74, 6) is 0. The van der Waals surface area contributed by atoms with Gasteiger partial charge in [-0.1, -0.05) is 97.1 Å². The summed E-state index contributed by atoms with van der Waals surface area (Å²) in [7, 11) is 0. The van der Waals surface area contributed by atoms with E-state index in [9.17, 15) is 0 Å². The maximum Gasteiger partial charge on any atom is 0.0372 e. The van der Waals surface area contributed by atoms with Crippen LogP contribution in [-0.2, 0) is 0 Å². The Morgan fingerprint density at radius 2 is 0.900 bits per heavy atom. The minimum absolute atomic E-state index is 1.11. The molecule has 2 heterocycles. The molecule has 0 N–H and O–H groups in total. The molecule has 50 heavy (non-hydrogen) atoms. The Labute approximate surface area is 297 Å². The van der Waals surface area contributed by atoms with Crippen LogP contribution in [0.15, 0.2) is 133 Å². The van der Waals surface area contributed by atoms with Gasteiger partial charge in [-0.15, -0.1) is 0 Å². The van der Waals surface area contributed by atoms with Crippen LogP contribution in [0, 0.1) is 0 Å². The molecule has 0 aromatic heterocycles. The molecule has 6 aromatic carbocycles. The number of fused-ring (bicyclic) bond motifs is 2. The lowest BCUT2D eigenvalue weighted by atomic mass is 9.84. The smallest absolute Gasteiger partial charge is 0.0372 e. The Bertz CT molecular complexity index is 2230. The molecule has 0 atom stereocenters. The molecule has 2 fully saturated rings. The van der Waals surface area contributed by atoms with E-state index in [0.29, 0.717) is 0 Å². The van der Waals surface area contributed by atoms with Gasteiger partial charge in [-0.05, 0) is 154 Å². The molecule has 0 bridgehead atoms. The third kappa shape index (κ3) is 5.92. The van der Waals surface area contributed by atoms with Crippen LogP contribution in [0.2, 0.25) is 0 Å². The van der Waals surface area contributed by atoms with Gasteiger partial charge in [-0.2, -0.15) is 0 Å². The van der Waals surface area contributed by atoms with E-state index in [1.807, 2.05) is 0 Å². The van der Waals surface area contributed by atoms with E-state index in [1.165, 1.54) is 116 Å². The fourth-order valence-corrected chi connectivity index (χ4v) is 8.69. The molecule has 9 rings (SSSR count). The van der Waals surface area contributed by atoms with Crippen molar-refractivity contribution in [3.8, 4) is 33.4 Å². The molecule has 3 aliphatic rings. The molecule has 0 spiro atoms. The second-order valence-corrected chi connectivity index (χ2v) is 14.5. The number of hydrogen-bond donors (Lipinski definition) is 0. The predicted molar refractivity (Wildman–Crippen MR) is 216 cm³/mol. The molecule has 0 amide bonds. The van der Waals surface area contributed by atoms with E-state index in [0.717, 1.165) is 39.0 Å². The lowest BCUT2D eigenvalue weighted by molar-refractivity contribution is 0.578. The summed E-state index contributed by atoms with van der Waals surface area (Å²) >= 11 is 0. The molecule has 0 radical (unpaired) electrons. The van der Waals surface area contributed by atoms with Gasteiger partial charge in [-0.25, -0.2) is 0 Å². The Balaban J connectivity index is 1.34. The number of allylic oxidation sites excluding steroid dienone is 4. The Kier molecular flexibility index (Phi) is 8.46. The van der Waals surface area contributed by atoms with E-state index in [4.69, 9.17) is 0 Å². The van der Waals surface area contributed by atoms with Crippen molar-refractivity contribution in [3.63, 3.8) is 0 Å². The lowest BCUT2D eigenvalue weighted by Crippen LogP contribution is -2.29. The van der Waals surface area contributed by atoms with Crippen LogP contribution in [0.1, 0.15) is 56.9 Å². The summed E-state index contributed by atoms with van der Waals surface area (Å²) in [6, 6.07) is 44.1. The predicted octanol–water partition coefficient (Wildman–Crippen LogP) is 12.7. The average Bonchev–Trinajstić information content (AvgIpc) is 3.21. The van der Waals surface area contributed by atoms with Crippen molar-refractivity contribution in [1.29, 1.82) is 0 Å². The summed E-state index contributed by atoms with van der Waals surface area (Å²) in [6.45, 7) is 4.54. The van der Waals surface area contributed by atoms with Crippen molar-refractivity contribution in [2.45, 2.75) is 51.4 Å². The van der Waals surface area contributed by atoms with E-state index in [1.54, 1.807) is 0 Å². The van der Waals surface area contributed by atoms with Crippen LogP contribution in [-0.4, -0.2) is 26.2 Å². The molecule has 2 heteroatoms. The summed E-state index contributed by atoms with van der Waals surface area (Å²) in [4.78, 5) is 5.22. The van der Waals surface area contributed by atoms with Gasteiger partial charge in [0.15, 0.2) is 0 Å². The summed E-state index contributed by atoms with van der Waals surface area (Å²) in [5, 5.41) is 5.35. The van der Waals surface area contributed by atoms with Crippen molar-refractivity contribution in [1.82, 2.24) is 0 Å². The molecular weight excluding hydrogens is 605 g/mol. The van der Waals surface area contributed by atoms with E-state index in [-0.39, 0.29) is 0 Å². The highest BCUT2D eigenvalue weighted by Gasteiger charge is 2.22. The molecule has 2 nitrogen and oxygen atoms in total. The summed E-state index contributed by atoms with van der Waals surface area (Å²) in [5.41, 5.74) is 13.1. The monoisotopic (exact) mass is 650 g/mol. The topological polar surface area (TPSA) is 6.48 Å². The van der Waals surface area contributed by atoms with Crippen molar-refractivity contribution in [3.05, 3.63) is 139 Å². The summed E-state index contributed by atoms with van der Waals surface area (Å²) < 4.78 is 0. The normalized spacial score (nSPS) is 16.6. The minimum Gasteiger partial charge on any atom is -0.372 e. The number of rotatable bonds is 6. The van der Waals surface area contributed by atoms with Gasteiger partial charge in [0.25, 0.3) is 0 Å². The summed E-state index contributed by atoms with van der Waals surface area (Å²) in [6.07, 6.45) is 17.0. The first-order valence-corrected chi connectivity index (χ1v) is 19.0. The molecule has 6 aromatic rings. The number of anilines is 2. The molecule has 248 valence electrons. The fraction of sp³-hybridized carbons (Fsp3) is 0.250. The van der Waals surface area contributed by atoms with Gasteiger partial charge in [0.05, 0.1) is 0 Å². The Morgan fingerprint density at radius 1 is 0.380 bits per heavy atom. The largest absolute Gasteiger partial charge is 0.372 e. The first-order valence-electron chi connectivity index (χ1n) is 19.0. The zero-order chi connectivity index (χ0) is 33.3. The van der Waals surface area contributed by atoms with Crippen molar-refractivity contribution < 1.29 is 0 Å². The van der Waals surface area contributed by atoms with Crippen molar-refractivity contribution >= 4 is 38.5 Å². The van der Waals surface area contributed by atoms with Crippen LogP contribution < -0.4 is 9.80 Å². The second kappa shape index (κ2) is 13.7.